The fourth-order valence-electron chi connectivity index (χ4n) is 3.34. The Labute approximate surface area is 181 Å². The largest absolute Gasteiger partial charge is 0.385 e. The summed E-state index contributed by atoms with van der Waals surface area (Å²) in [5, 5.41) is 19.0. The van der Waals surface area contributed by atoms with Gasteiger partial charge in [-0.25, -0.2) is 9.67 Å². The third-order valence-electron chi connectivity index (χ3n) is 4.79. The minimum atomic E-state index is 0.395. The second-order valence-corrected chi connectivity index (χ2v) is 7.64. The number of aryl methyl sites for hydroxylation is 2. The molecule has 0 bridgehead atoms. The van der Waals surface area contributed by atoms with Gasteiger partial charge in [0.15, 0.2) is 11.5 Å². The average Bonchev–Trinajstić information content (AvgIpc) is 3.19. The molecule has 1 aromatic carbocycles. The van der Waals surface area contributed by atoms with Crippen LogP contribution in [0.1, 0.15) is 17.0 Å². The Hall–Kier alpha value is -3.64. The molecule has 4 aromatic rings. The Morgan fingerprint density at radius 2 is 1.87 bits per heavy atom. The van der Waals surface area contributed by atoms with Crippen molar-refractivity contribution in [3.8, 4) is 23.1 Å². The third-order valence-corrected chi connectivity index (χ3v) is 5.93. The lowest BCUT2D eigenvalue weighted by atomic mass is 10.1. The molecule has 0 radical (unpaired) electrons. The molecular formula is C21H19BrN8. The summed E-state index contributed by atoms with van der Waals surface area (Å²) in [7, 11) is 1.86. The number of fused-ring (bicyclic) bond motifs is 1. The number of nitrogens with zero attached hydrogens (tertiary/aromatic N) is 6. The number of halogens is 1. The van der Waals surface area contributed by atoms with Crippen LogP contribution in [0.5, 0.6) is 0 Å². The lowest BCUT2D eigenvalue weighted by Crippen LogP contribution is -2.01. The van der Waals surface area contributed by atoms with Gasteiger partial charge < -0.3 is 10.7 Å². The Bertz CT molecular complexity index is 1350. The van der Waals surface area contributed by atoms with Gasteiger partial charge in [0.25, 0.3) is 0 Å². The van der Waals surface area contributed by atoms with E-state index in [1.807, 2.05) is 39.1 Å². The first kappa shape index (κ1) is 19.7. The van der Waals surface area contributed by atoms with Gasteiger partial charge in [0, 0.05) is 30.3 Å². The fraction of sp³-hybridized carbons (Fsp3) is 0.143. The van der Waals surface area contributed by atoms with Crippen LogP contribution in [0.25, 0.3) is 28.1 Å². The van der Waals surface area contributed by atoms with E-state index in [2.05, 4.69) is 42.2 Å². The van der Waals surface area contributed by atoms with Gasteiger partial charge in [0.1, 0.15) is 5.82 Å². The van der Waals surface area contributed by atoms with Gasteiger partial charge in [-0.15, -0.1) is 0 Å². The van der Waals surface area contributed by atoms with E-state index in [9.17, 15) is 0 Å². The van der Waals surface area contributed by atoms with Crippen LogP contribution < -0.4 is 5.73 Å². The van der Waals surface area contributed by atoms with E-state index < -0.39 is 0 Å². The predicted molar refractivity (Wildman–Crippen MR) is 119 cm³/mol. The van der Waals surface area contributed by atoms with Gasteiger partial charge in [-0.05, 0) is 48.0 Å². The van der Waals surface area contributed by atoms with E-state index in [0.717, 1.165) is 32.5 Å². The normalized spacial score (nSPS) is 10.8. The number of hydrogen-bond acceptors (Lipinski definition) is 5. The van der Waals surface area contributed by atoms with E-state index >= 15 is 0 Å². The Balaban J connectivity index is 1.95. The predicted octanol–water partition coefficient (Wildman–Crippen LogP) is 4.11. The molecule has 8 nitrogen and oxygen atoms in total. The van der Waals surface area contributed by atoms with Crippen molar-refractivity contribution in [3.05, 3.63) is 64.0 Å². The van der Waals surface area contributed by atoms with Crippen LogP contribution in [-0.4, -0.2) is 29.5 Å². The number of anilines is 1. The minimum absolute atomic E-state index is 0.395. The molecule has 0 saturated heterocycles. The second-order valence-electron chi connectivity index (χ2n) is 6.85. The van der Waals surface area contributed by atoms with E-state index in [-0.39, 0.29) is 0 Å². The fourth-order valence-corrected chi connectivity index (χ4v) is 3.58. The van der Waals surface area contributed by atoms with E-state index in [0.29, 0.717) is 22.8 Å². The Morgan fingerprint density at radius 1 is 1.13 bits per heavy atom. The molecule has 3 N–H and O–H groups in total. The monoisotopic (exact) mass is 462 g/mol. The van der Waals surface area contributed by atoms with Crippen molar-refractivity contribution in [1.29, 1.82) is 5.26 Å². The van der Waals surface area contributed by atoms with Crippen molar-refractivity contribution in [2.45, 2.75) is 13.8 Å². The van der Waals surface area contributed by atoms with Crippen LogP contribution in [0, 0.1) is 25.2 Å². The minimum Gasteiger partial charge on any atom is -0.385 e. The number of rotatable bonds is 2. The molecule has 3 heterocycles. The van der Waals surface area contributed by atoms with E-state index in [4.69, 9.17) is 11.0 Å². The molecule has 0 unspecified atom stereocenters. The summed E-state index contributed by atoms with van der Waals surface area (Å²) in [6.45, 7) is 3.88. The average molecular weight is 463 g/mol. The second kappa shape index (κ2) is 7.65. The molecule has 0 aliphatic rings. The van der Waals surface area contributed by atoms with Gasteiger partial charge in [0.2, 0.25) is 0 Å². The van der Waals surface area contributed by atoms with Crippen molar-refractivity contribution >= 4 is 32.8 Å². The summed E-state index contributed by atoms with van der Waals surface area (Å²) in [6, 6.07) is 13.1. The summed E-state index contributed by atoms with van der Waals surface area (Å²) < 4.78 is 4.45. The lowest BCUT2D eigenvalue weighted by Gasteiger charge is -2.02. The summed E-state index contributed by atoms with van der Waals surface area (Å²) >= 11 is 3.55. The summed E-state index contributed by atoms with van der Waals surface area (Å²) in [5.74, 6) is 0.976. The highest BCUT2D eigenvalue weighted by molar-refractivity contribution is 9.10. The van der Waals surface area contributed by atoms with Crippen LogP contribution in [0.2, 0.25) is 0 Å². The zero-order valence-corrected chi connectivity index (χ0v) is 18.3. The summed E-state index contributed by atoms with van der Waals surface area (Å²) in [6.07, 6.45) is 1.71. The first-order valence-corrected chi connectivity index (χ1v) is 9.96. The van der Waals surface area contributed by atoms with Crippen LogP contribution in [-0.2, 0) is 7.05 Å². The molecule has 30 heavy (non-hydrogen) atoms. The van der Waals surface area contributed by atoms with Crippen LogP contribution in [0.15, 0.2) is 47.1 Å². The molecule has 3 aromatic heterocycles. The standard InChI is InChI=1S/C21H19BrN8/c1-12-19(22)13(2)30(27-12)18-10-17(24)26-21-16(8-9-25-18)20(29(3)28-21)15-6-4-14(11-23)5-7-15/h4-10H,24H2,1-3H3,(H,26,28). The van der Waals surface area contributed by atoms with Crippen molar-refractivity contribution in [3.63, 3.8) is 0 Å². The van der Waals surface area contributed by atoms with Crippen LogP contribution >= 0.6 is 15.9 Å². The van der Waals surface area contributed by atoms with Crippen molar-refractivity contribution in [1.82, 2.24) is 29.5 Å². The van der Waals surface area contributed by atoms with Crippen molar-refractivity contribution < 1.29 is 0 Å². The number of nitrogen functional groups attached to an aromatic ring is 1. The van der Waals surface area contributed by atoms with E-state index in [1.54, 1.807) is 33.8 Å². The zero-order valence-electron chi connectivity index (χ0n) is 16.7. The molecule has 4 rings (SSSR count). The number of aromatic nitrogens is 6. The van der Waals surface area contributed by atoms with Gasteiger partial charge in [-0.1, -0.05) is 12.1 Å². The Morgan fingerprint density at radius 3 is 2.50 bits per heavy atom. The number of nitriles is 1. The number of nitrogens with one attached hydrogen (secondary N) is 1. The summed E-state index contributed by atoms with van der Waals surface area (Å²) in [4.78, 5) is 7.75. The number of H-pyrrole nitrogens is 1. The smallest absolute Gasteiger partial charge is 0.161 e. The molecule has 0 fully saturated rings. The van der Waals surface area contributed by atoms with Gasteiger partial charge in [0.05, 0.1) is 33.2 Å². The van der Waals surface area contributed by atoms with Crippen molar-refractivity contribution in [2.24, 2.45) is 7.05 Å². The van der Waals surface area contributed by atoms with Crippen LogP contribution in [0.4, 0.5) is 5.82 Å². The molecular weight excluding hydrogens is 444 g/mol. The summed E-state index contributed by atoms with van der Waals surface area (Å²) in [5.41, 5.74) is 11.1. The van der Waals surface area contributed by atoms with Gasteiger partial charge >= 0.3 is 0 Å². The Kier molecular flexibility index (Phi) is 5.01. The highest BCUT2D eigenvalue weighted by Crippen LogP contribution is 2.27. The van der Waals surface area contributed by atoms with Crippen LogP contribution in [0.3, 0.4) is 0 Å². The zero-order chi connectivity index (χ0) is 21.4. The first-order valence-electron chi connectivity index (χ1n) is 9.17. The van der Waals surface area contributed by atoms with Gasteiger partial charge in [-0.2, -0.15) is 15.5 Å². The maximum Gasteiger partial charge on any atom is 0.161 e. The third kappa shape index (κ3) is 3.42. The molecule has 0 atom stereocenters. The first-order chi connectivity index (χ1) is 14.4. The maximum absolute atomic E-state index is 9.06. The number of hydrogen-bond donors (Lipinski definition) is 2. The van der Waals surface area contributed by atoms with Crippen molar-refractivity contribution in [2.75, 3.05) is 5.73 Å². The molecule has 0 amide bonds. The highest BCUT2D eigenvalue weighted by atomic mass is 79.9. The number of benzene rings is 1. The molecule has 9 heteroatoms. The molecule has 0 spiro atoms. The molecule has 0 aliphatic carbocycles. The number of aromatic amines is 1. The molecule has 0 saturated carbocycles. The highest BCUT2D eigenvalue weighted by Gasteiger charge is 2.13. The number of nitrogens with two attached hydrogens (primary N) is 1. The van der Waals surface area contributed by atoms with Gasteiger partial charge in [-0.3, -0.25) is 4.68 Å². The SMILES string of the molecule is Cc1nn(-c2cc(N)[nH]c3nn(C)c(-c4ccc(C#N)cc4)c3ccn2)c(C)c1Br. The molecule has 150 valence electrons. The quantitative estimate of drug-likeness (QED) is 0.465. The molecule has 0 aliphatic heterocycles. The maximum atomic E-state index is 9.06. The topological polar surface area (TPSA) is 114 Å². The van der Waals surface area contributed by atoms with E-state index in [1.165, 1.54) is 0 Å². The lowest BCUT2D eigenvalue weighted by molar-refractivity contribution is 0.784.